The predicted molar refractivity (Wildman–Crippen MR) is 47.1 cm³/mol. The number of hydrogen-bond acceptors (Lipinski definition) is 2. The Bertz CT molecular complexity index is 100. The van der Waals surface area contributed by atoms with Crippen molar-refractivity contribution in [2.24, 2.45) is 5.92 Å². The van der Waals surface area contributed by atoms with E-state index in [1.807, 2.05) is 0 Å². The van der Waals surface area contributed by atoms with Crippen LogP contribution in [-0.2, 0) is 0 Å². The van der Waals surface area contributed by atoms with Gasteiger partial charge in [-0.2, -0.15) is 17.9 Å². The summed E-state index contributed by atoms with van der Waals surface area (Å²) in [6.07, 6.45) is 7.89. The first-order chi connectivity index (χ1) is 4.93. The molecule has 0 saturated heterocycles. The molecule has 2 heteroatoms. The molecule has 1 fully saturated rings. The van der Waals surface area contributed by atoms with Crippen LogP contribution in [0.4, 0.5) is 0 Å². The van der Waals surface area contributed by atoms with E-state index in [4.69, 9.17) is 5.26 Å². The Morgan fingerprint density at radius 3 is 2.00 bits per heavy atom. The topological polar surface area (TPSA) is 23.8 Å². The largest absolute Gasteiger partial charge is 0.198 e. The van der Waals surface area contributed by atoms with Crippen LogP contribution in [0.5, 0.6) is 0 Å². The van der Waals surface area contributed by atoms with Crippen LogP contribution >= 0.6 is 12.6 Å². The number of rotatable bonds is 0. The van der Waals surface area contributed by atoms with Gasteiger partial charge in [-0.15, -0.1) is 0 Å². The molecule has 0 aromatic rings. The van der Waals surface area contributed by atoms with Crippen molar-refractivity contribution in [2.75, 3.05) is 6.26 Å². The average molecular weight is 157 g/mol. The van der Waals surface area contributed by atoms with Crippen LogP contribution < -0.4 is 0 Å². The zero-order valence-electron chi connectivity index (χ0n) is 6.51. The van der Waals surface area contributed by atoms with Gasteiger partial charge in [0.05, 0.1) is 6.07 Å². The lowest BCUT2D eigenvalue weighted by molar-refractivity contribution is 0.427. The van der Waals surface area contributed by atoms with Crippen LogP contribution in [0, 0.1) is 17.2 Å². The van der Waals surface area contributed by atoms with E-state index in [-0.39, 0.29) is 0 Å². The van der Waals surface area contributed by atoms with Gasteiger partial charge in [0.2, 0.25) is 0 Å². The third-order valence-corrected chi connectivity index (χ3v) is 1.79. The summed E-state index contributed by atoms with van der Waals surface area (Å²) in [6.45, 7) is 0. The molecule has 0 heterocycles. The van der Waals surface area contributed by atoms with E-state index >= 15 is 0 Å². The van der Waals surface area contributed by atoms with Crippen molar-refractivity contribution in [3.8, 4) is 6.07 Å². The normalized spacial score (nSPS) is 18.5. The molecule has 1 aliphatic rings. The molecule has 1 saturated carbocycles. The fourth-order valence-electron chi connectivity index (χ4n) is 1.23. The highest BCUT2D eigenvalue weighted by molar-refractivity contribution is 7.79. The molecule has 58 valence electrons. The Kier molecular flexibility index (Phi) is 6.84. The second kappa shape index (κ2) is 6.95. The van der Waals surface area contributed by atoms with Crippen molar-refractivity contribution >= 4 is 12.6 Å². The molecule has 0 radical (unpaired) electrons. The first kappa shape index (κ1) is 9.84. The van der Waals surface area contributed by atoms with Gasteiger partial charge in [0.1, 0.15) is 0 Å². The fraction of sp³-hybridized carbons (Fsp3) is 0.875. The molecular formula is C8H15NS. The first-order valence-corrected chi connectivity index (χ1v) is 4.67. The van der Waals surface area contributed by atoms with Crippen LogP contribution in [0.2, 0.25) is 0 Å². The summed E-state index contributed by atoms with van der Waals surface area (Å²) < 4.78 is 0. The maximum Gasteiger partial charge on any atom is 0.0655 e. The third-order valence-electron chi connectivity index (χ3n) is 1.79. The summed E-state index contributed by atoms with van der Waals surface area (Å²) in [5, 5.41) is 8.44. The highest BCUT2D eigenvalue weighted by Gasteiger charge is 2.10. The van der Waals surface area contributed by atoms with Gasteiger partial charge in [0.25, 0.3) is 0 Å². The molecule has 0 N–H and O–H groups in total. The van der Waals surface area contributed by atoms with Gasteiger partial charge in [-0.1, -0.05) is 19.3 Å². The molecule has 1 nitrogen and oxygen atoms in total. The van der Waals surface area contributed by atoms with Crippen LogP contribution in [-0.4, -0.2) is 6.26 Å². The average Bonchev–Trinajstić information content (AvgIpc) is 2.10. The Labute approximate surface area is 68.8 Å². The number of thiol groups is 1. The van der Waals surface area contributed by atoms with E-state index in [9.17, 15) is 0 Å². The second-order valence-corrected chi connectivity index (χ2v) is 2.46. The van der Waals surface area contributed by atoms with E-state index < -0.39 is 0 Å². The van der Waals surface area contributed by atoms with E-state index in [0.717, 1.165) is 12.8 Å². The predicted octanol–water partition coefficient (Wildman–Crippen LogP) is 2.64. The van der Waals surface area contributed by atoms with Gasteiger partial charge in [0, 0.05) is 5.92 Å². The molecule has 0 aliphatic heterocycles. The highest BCUT2D eigenvalue weighted by atomic mass is 32.1. The quantitative estimate of drug-likeness (QED) is 0.537. The molecule has 0 aromatic carbocycles. The van der Waals surface area contributed by atoms with Gasteiger partial charge >= 0.3 is 0 Å². The Morgan fingerprint density at radius 2 is 1.70 bits per heavy atom. The first-order valence-electron chi connectivity index (χ1n) is 3.78. The lowest BCUT2D eigenvalue weighted by atomic mass is 9.91. The summed E-state index contributed by atoms with van der Waals surface area (Å²) in [5.74, 6) is 0.392. The summed E-state index contributed by atoms with van der Waals surface area (Å²) >= 11 is 3.53. The Morgan fingerprint density at radius 1 is 1.20 bits per heavy atom. The van der Waals surface area contributed by atoms with Crippen molar-refractivity contribution in [3.63, 3.8) is 0 Å². The minimum Gasteiger partial charge on any atom is -0.198 e. The van der Waals surface area contributed by atoms with Crippen molar-refractivity contribution < 1.29 is 0 Å². The molecule has 0 unspecified atom stereocenters. The molecular weight excluding hydrogens is 142 g/mol. The molecule has 10 heavy (non-hydrogen) atoms. The van der Waals surface area contributed by atoms with E-state index in [1.54, 1.807) is 6.26 Å². The van der Waals surface area contributed by atoms with Crippen LogP contribution in [0.25, 0.3) is 0 Å². The maximum atomic E-state index is 8.44. The van der Waals surface area contributed by atoms with Gasteiger partial charge in [0.15, 0.2) is 0 Å². The molecule has 1 aliphatic carbocycles. The molecule has 0 aromatic heterocycles. The summed E-state index contributed by atoms with van der Waals surface area (Å²) in [4.78, 5) is 0. The second-order valence-electron chi connectivity index (χ2n) is 2.46. The van der Waals surface area contributed by atoms with Crippen LogP contribution in [0.3, 0.4) is 0 Å². The van der Waals surface area contributed by atoms with Crippen molar-refractivity contribution in [1.29, 1.82) is 5.26 Å². The van der Waals surface area contributed by atoms with Crippen LogP contribution in [0.15, 0.2) is 0 Å². The summed E-state index contributed by atoms with van der Waals surface area (Å²) in [6, 6.07) is 2.30. The lowest BCUT2D eigenvalue weighted by Gasteiger charge is -2.13. The highest BCUT2D eigenvalue weighted by Crippen LogP contribution is 2.22. The Hall–Kier alpha value is -0.160. The minimum atomic E-state index is 0.392. The van der Waals surface area contributed by atoms with E-state index in [0.29, 0.717) is 5.92 Å². The van der Waals surface area contributed by atoms with Crippen molar-refractivity contribution in [2.45, 2.75) is 32.1 Å². The zero-order valence-corrected chi connectivity index (χ0v) is 7.40. The molecule has 0 amide bonds. The van der Waals surface area contributed by atoms with Gasteiger partial charge < -0.3 is 0 Å². The SMILES string of the molecule is CS.N#CC1CCCCC1. The Balaban J connectivity index is 0.000000371. The standard InChI is InChI=1S/C7H11N.CH4S/c8-6-7-4-2-1-3-5-7;1-2/h7H,1-5H2;2H,1H3. The summed E-state index contributed by atoms with van der Waals surface area (Å²) in [7, 11) is 0. The van der Waals surface area contributed by atoms with Crippen LogP contribution in [0.1, 0.15) is 32.1 Å². The van der Waals surface area contributed by atoms with Crippen molar-refractivity contribution in [3.05, 3.63) is 0 Å². The number of nitriles is 1. The number of hydrogen-bond donors (Lipinski definition) is 1. The zero-order chi connectivity index (χ0) is 7.82. The monoisotopic (exact) mass is 157 g/mol. The fourth-order valence-corrected chi connectivity index (χ4v) is 1.23. The minimum absolute atomic E-state index is 0.392. The molecule has 0 atom stereocenters. The summed E-state index contributed by atoms with van der Waals surface area (Å²) in [5.41, 5.74) is 0. The smallest absolute Gasteiger partial charge is 0.0655 e. The van der Waals surface area contributed by atoms with Gasteiger partial charge in [-0.25, -0.2) is 0 Å². The van der Waals surface area contributed by atoms with E-state index in [2.05, 4.69) is 18.7 Å². The lowest BCUT2D eigenvalue weighted by Crippen LogP contribution is -2.02. The van der Waals surface area contributed by atoms with Gasteiger partial charge in [-0.3, -0.25) is 0 Å². The molecule has 1 rings (SSSR count). The number of nitrogens with zero attached hydrogens (tertiary/aromatic N) is 1. The molecule has 0 spiro atoms. The van der Waals surface area contributed by atoms with E-state index in [1.165, 1.54) is 19.3 Å². The van der Waals surface area contributed by atoms with Crippen molar-refractivity contribution in [1.82, 2.24) is 0 Å². The third kappa shape index (κ3) is 3.79. The van der Waals surface area contributed by atoms with Gasteiger partial charge in [-0.05, 0) is 19.1 Å². The maximum absolute atomic E-state index is 8.44. The molecule has 0 bridgehead atoms.